The van der Waals surface area contributed by atoms with Gasteiger partial charge >= 0.3 is 0 Å². The van der Waals surface area contributed by atoms with Crippen LogP contribution in [0.1, 0.15) is 0 Å². The van der Waals surface area contributed by atoms with Crippen LogP contribution in [-0.4, -0.2) is 4.98 Å². The van der Waals surface area contributed by atoms with Gasteiger partial charge in [-0.25, -0.2) is 4.98 Å². The van der Waals surface area contributed by atoms with Crippen LogP contribution in [0.5, 0.6) is 0 Å². The number of pyridine rings is 1. The molecule has 0 radical (unpaired) electrons. The summed E-state index contributed by atoms with van der Waals surface area (Å²) >= 11 is 1.48. The summed E-state index contributed by atoms with van der Waals surface area (Å²) in [6.07, 6.45) is 1.69. The molecule has 0 spiro atoms. The van der Waals surface area contributed by atoms with Crippen LogP contribution in [0.3, 0.4) is 0 Å². The van der Waals surface area contributed by atoms with E-state index in [9.17, 15) is 4.79 Å². The van der Waals surface area contributed by atoms with Crippen molar-refractivity contribution < 1.29 is 0 Å². The molecule has 0 aliphatic rings. The number of aromatic nitrogens is 1. The molecule has 0 aromatic carbocycles. The fourth-order valence-corrected chi connectivity index (χ4v) is 1.66. The van der Waals surface area contributed by atoms with Crippen molar-refractivity contribution in [1.29, 1.82) is 0 Å². The van der Waals surface area contributed by atoms with Gasteiger partial charge in [0.1, 0.15) is 4.83 Å². The summed E-state index contributed by atoms with van der Waals surface area (Å²) in [6, 6.07) is 5.13. The van der Waals surface area contributed by atoms with Gasteiger partial charge in [-0.15, -0.1) is 11.3 Å². The Balaban J connectivity index is 3.03. The van der Waals surface area contributed by atoms with Crippen LogP contribution in [0, 0.1) is 0 Å². The number of fused-ring (bicyclic) bond motifs is 1. The normalized spacial score (nSPS) is 10.2. The Morgan fingerprint density at radius 3 is 3.09 bits per heavy atom. The molecule has 54 valence electrons. The van der Waals surface area contributed by atoms with Gasteiger partial charge in [-0.05, 0) is 23.6 Å². The lowest BCUT2D eigenvalue weighted by Crippen LogP contribution is -1.96. The van der Waals surface area contributed by atoms with E-state index >= 15 is 0 Å². The molecule has 0 amide bonds. The fraction of sp³-hybridized carbons (Fsp3) is 0. The molecule has 0 saturated heterocycles. The first-order valence-electron chi connectivity index (χ1n) is 3.20. The molecule has 0 aliphatic heterocycles. The minimum absolute atomic E-state index is 0.0480. The summed E-state index contributed by atoms with van der Waals surface area (Å²) in [5.41, 5.74) is 0.0480. The first-order chi connectivity index (χ1) is 5.38. The Bertz CT molecular complexity index is 430. The number of hydrogen-bond acceptors (Lipinski definition) is 3. The maximum atomic E-state index is 11.1. The van der Waals surface area contributed by atoms with Gasteiger partial charge < -0.3 is 0 Å². The molecule has 0 fully saturated rings. The van der Waals surface area contributed by atoms with Crippen LogP contribution in [0.2, 0.25) is 0 Å². The second kappa shape index (κ2) is 2.43. The van der Waals surface area contributed by atoms with Gasteiger partial charge in [0.25, 0.3) is 0 Å². The second-order valence-electron chi connectivity index (χ2n) is 2.14. The first kappa shape index (κ1) is 6.49. The van der Waals surface area contributed by atoms with Gasteiger partial charge in [-0.2, -0.15) is 0 Å². The van der Waals surface area contributed by atoms with E-state index in [1.165, 1.54) is 11.3 Å². The molecule has 0 N–H and O–H groups in total. The van der Waals surface area contributed by atoms with Crippen molar-refractivity contribution in [2.75, 3.05) is 0 Å². The van der Waals surface area contributed by atoms with Gasteiger partial charge in [-0.1, -0.05) is 0 Å². The molecule has 2 nitrogen and oxygen atoms in total. The van der Waals surface area contributed by atoms with Crippen molar-refractivity contribution in [3.8, 4) is 0 Å². The van der Waals surface area contributed by atoms with E-state index in [1.54, 1.807) is 29.8 Å². The predicted octanol–water partition coefficient (Wildman–Crippen LogP) is 1.66. The predicted molar refractivity (Wildman–Crippen MR) is 45.9 cm³/mol. The fourth-order valence-electron chi connectivity index (χ4n) is 0.922. The van der Waals surface area contributed by atoms with E-state index in [-0.39, 0.29) is 5.43 Å². The van der Waals surface area contributed by atoms with Crippen molar-refractivity contribution in [2.24, 2.45) is 0 Å². The standard InChI is InChI=1S/C8H5NOS/c10-7-3-5-11-8-6(7)2-1-4-9-8/h1-5H. The van der Waals surface area contributed by atoms with Crippen molar-refractivity contribution in [1.82, 2.24) is 4.98 Å². The quantitative estimate of drug-likeness (QED) is 0.591. The Morgan fingerprint density at radius 1 is 1.36 bits per heavy atom. The molecule has 2 rings (SSSR count). The van der Waals surface area contributed by atoms with Crippen LogP contribution >= 0.6 is 11.3 Å². The smallest absolute Gasteiger partial charge is 0.189 e. The zero-order chi connectivity index (χ0) is 7.68. The Kier molecular flexibility index (Phi) is 1.43. The third-order valence-corrected chi connectivity index (χ3v) is 2.26. The molecule has 0 saturated carbocycles. The summed E-state index contributed by atoms with van der Waals surface area (Å²) in [5, 5.41) is 2.47. The highest BCUT2D eigenvalue weighted by atomic mass is 32.1. The summed E-state index contributed by atoms with van der Waals surface area (Å²) in [7, 11) is 0. The topological polar surface area (TPSA) is 30.0 Å². The largest absolute Gasteiger partial charge is 0.289 e. The summed E-state index contributed by atoms with van der Waals surface area (Å²) in [6.45, 7) is 0. The highest BCUT2D eigenvalue weighted by molar-refractivity contribution is 7.16. The molecule has 2 heterocycles. The second-order valence-corrected chi connectivity index (χ2v) is 3.04. The van der Waals surface area contributed by atoms with Crippen LogP contribution in [0.4, 0.5) is 0 Å². The van der Waals surface area contributed by atoms with Gasteiger partial charge in [0.2, 0.25) is 0 Å². The van der Waals surface area contributed by atoms with Gasteiger partial charge in [-0.3, -0.25) is 4.79 Å². The molecule has 0 aliphatic carbocycles. The molecular formula is C8H5NOS. The Hall–Kier alpha value is -1.22. The van der Waals surface area contributed by atoms with E-state index < -0.39 is 0 Å². The summed E-state index contributed by atoms with van der Waals surface area (Å²) < 4.78 is 0. The highest BCUT2D eigenvalue weighted by Crippen LogP contribution is 2.09. The van der Waals surface area contributed by atoms with Crippen LogP contribution in [0.15, 0.2) is 34.6 Å². The Morgan fingerprint density at radius 2 is 2.27 bits per heavy atom. The average Bonchev–Trinajstić information content (AvgIpc) is 2.06. The minimum atomic E-state index is 0.0480. The molecule has 0 atom stereocenters. The van der Waals surface area contributed by atoms with Crippen molar-refractivity contribution in [2.45, 2.75) is 0 Å². The van der Waals surface area contributed by atoms with Gasteiger partial charge in [0.15, 0.2) is 5.43 Å². The zero-order valence-electron chi connectivity index (χ0n) is 5.65. The number of hydrogen-bond donors (Lipinski definition) is 0. The number of nitrogens with zero attached hydrogens (tertiary/aromatic N) is 1. The molecule has 2 aromatic heterocycles. The maximum Gasteiger partial charge on any atom is 0.189 e. The number of rotatable bonds is 0. The van der Waals surface area contributed by atoms with Gasteiger partial charge in [0, 0.05) is 6.20 Å². The Labute approximate surface area is 67.1 Å². The SMILES string of the molecule is O=c1ccsc2ncccc12. The van der Waals surface area contributed by atoms with Crippen molar-refractivity contribution >= 4 is 21.6 Å². The third-order valence-electron chi connectivity index (χ3n) is 1.44. The molecule has 0 unspecified atom stereocenters. The average molecular weight is 163 g/mol. The highest BCUT2D eigenvalue weighted by Gasteiger charge is 1.94. The van der Waals surface area contributed by atoms with E-state index in [1.807, 2.05) is 0 Å². The maximum absolute atomic E-state index is 11.1. The molecular weight excluding hydrogens is 158 g/mol. The van der Waals surface area contributed by atoms with Crippen molar-refractivity contribution in [3.05, 3.63) is 40.0 Å². The van der Waals surface area contributed by atoms with Gasteiger partial charge in [0.05, 0.1) is 5.39 Å². The third kappa shape index (κ3) is 1.03. The lowest BCUT2D eigenvalue weighted by molar-refractivity contribution is 1.44. The van der Waals surface area contributed by atoms with Crippen LogP contribution in [-0.2, 0) is 0 Å². The van der Waals surface area contributed by atoms with E-state index in [2.05, 4.69) is 4.98 Å². The van der Waals surface area contributed by atoms with Crippen LogP contribution < -0.4 is 5.43 Å². The van der Waals surface area contributed by atoms with Crippen LogP contribution in [0.25, 0.3) is 10.2 Å². The zero-order valence-corrected chi connectivity index (χ0v) is 6.47. The van der Waals surface area contributed by atoms with E-state index in [0.717, 1.165) is 4.83 Å². The lowest BCUT2D eigenvalue weighted by Gasteiger charge is -1.89. The van der Waals surface area contributed by atoms with Crippen molar-refractivity contribution in [3.63, 3.8) is 0 Å². The summed E-state index contributed by atoms with van der Waals surface area (Å²) in [5.74, 6) is 0. The minimum Gasteiger partial charge on any atom is -0.289 e. The molecule has 2 aromatic rings. The van der Waals surface area contributed by atoms with E-state index in [4.69, 9.17) is 0 Å². The lowest BCUT2D eigenvalue weighted by atomic mass is 10.3. The molecule has 3 heteroatoms. The summed E-state index contributed by atoms with van der Waals surface area (Å²) in [4.78, 5) is 16.0. The first-order valence-corrected chi connectivity index (χ1v) is 4.08. The van der Waals surface area contributed by atoms with E-state index in [0.29, 0.717) is 5.39 Å². The monoisotopic (exact) mass is 163 g/mol. The molecule has 0 bridgehead atoms. The molecule has 11 heavy (non-hydrogen) atoms.